The zero-order chi connectivity index (χ0) is 18.2. The molecule has 0 aliphatic rings. The third-order valence-electron chi connectivity index (χ3n) is 3.03. The Morgan fingerprint density at radius 1 is 0.750 bits per heavy atom. The summed E-state index contributed by atoms with van der Waals surface area (Å²) in [6.07, 6.45) is -4.95. The maximum absolute atomic E-state index is 13.7. The first-order valence-corrected chi connectivity index (χ1v) is 6.15. The molecular weight excluding hydrogens is 350 g/mol. The molecule has 24 heavy (non-hydrogen) atoms. The van der Waals surface area contributed by atoms with Gasteiger partial charge in [0.15, 0.2) is 23.3 Å². The van der Waals surface area contributed by atoms with E-state index in [0.29, 0.717) is 0 Å². The SMILES string of the molecule is N[C@@H](c1ccc(OC(F)(F)F)cc1)c1c(F)c(F)c(F)c(F)c1F. The molecule has 0 amide bonds. The highest BCUT2D eigenvalue weighted by Gasteiger charge is 2.32. The molecule has 2 aromatic rings. The van der Waals surface area contributed by atoms with Crippen molar-refractivity contribution in [1.82, 2.24) is 0 Å². The van der Waals surface area contributed by atoms with Gasteiger partial charge in [0, 0.05) is 0 Å². The minimum atomic E-state index is -4.95. The van der Waals surface area contributed by atoms with Gasteiger partial charge in [0.25, 0.3) is 0 Å². The Balaban J connectivity index is 2.41. The summed E-state index contributed by atoms with van der Waals surface area (Å²) >= 11 is 0. The smallest absolute Gasteiger partial charge is 0.406 e. The number of nitrogens with two attached hydrogens (primary N) is 1. The number of hydrogen-bond acceptors (Lipinski definition) is 2. The molecule has 2 rings (SSSR count). The van der Waals surface area contributed by atoms with Gasteiger partial charge in [-0.1, -0.05) is 12.1 Å². The molecule has 10 heteroatoms. The van der Waals surface area contributed by atoms with E-state index < -0.39 is 52.8 Å². The molecule has 0 aromatic heterocycles. The quantitative estimate of drug-likeness (QED) is 0.504. The zero-order valence-electron chi connectivity index (χ0n) is 11.4. The van der Waals surface area contributed by atoms with E-state index in [9.17, 15) is 35.1 Å². The van der Waals surface area contributed by atoms with Crippen LogP contribution in [0.3, 0.4) is 0 Å². The van der Waals surface area contributed by atoms with E-state index in [-0.39, 0.29) is 5.56 Å². The molecule has 0 bridgehead atoms. The maximum Gasteiger partial charge on any atom is 0.573 e. The third kappa shape index (κ3) is 3.42. The first-order valence-electron chi connectivity index (χ1n) is 6.15. The summed E-state index contributed by atoms with van der Waals surface area (Å²) in [5.41, 5.74) is 4.00. The van der Waals surface area contributed by atoms with Crippen molar-refractivity contribution in [1.29, 1.82) is 0 Å². The molecule has 0 aliphatic carbocycles. The molecule has 1 atom stereocenters. The van der Waals surface area contributed by atoms with Crippen molar-refractivity contribution in [2.45, 2.75) is 12.4 Å². The molecule has 0 spiro atoms. The van der Waals surface area contributed by atoms with Crippen LogP contribution in [0.4, 0.5) is 35.1 Å². The van der Waals surface area contributed by atoms with Crippen LogP contribution in [-0.2, 0) is 0 Å². The third-order valence-corrected chi connectivity index (χ3v) is 3.03. The fourth-order valence-corrected chi connectivity index (χ4v) is 1.94. The van der Waals surface area contributed by atoms with Crippen LogP contribution in [0.2, 0.25) is 0 Å². The summed E-state index contributed by atoms with van der Waals surface area (Å²) in [6.45, 7) is 0. The average Bonchev–Trinajstić information content (AvgIpc) is 2.50. The summed E-state index contributed by atoms with van der Waals surface area (Å²) in [5.74, 6) is -11.6. The summed E-state index contributed by atoms with van der Waals surface area (Å²) in [6, 6.07) is 1.59. The van der Waals surface area contributed by atoms with Crippen LogP contribution in [0.1, 0.15) is 17.2 Å². The van der Waals surface area contributed by atoms with Gasteiger partial charge in [0.1, 0.15) is 5.75 Å². The zero-order valence-corrected chi connectivity index (χ0v) is 11.4. The topological polar surface area (TPSA) is 35.2 Å². The van der Waals surface area contributed by atoms with Crippen LogP contribution in [0.5, 0.6) is 5.75 Å². The van der Waals surface area contributed by atoms with Crippen molar-refractivity contribution < 1.29 is 39.9 Å². The molecule has 0 unspecified atom stereocenters. The van der Waals surface area contributed by atoms with E-state index in [4.69, 9.17) is 5.73 Å². The lowest BCUT2D eigenvalue weighted by Crippen LogP contribution is -2.19. The van der Waals surface area contributed by atoms with Crippen molar-refractivity contribution >= 4 is 0 Å². The van der Waals surface area contributed by atoms with Crippen LogP contribution in [0, 0.1) is 29.1 Å². The van der Waals surface area contributed by atoms with Crippen molar-refractivity contribution in [2.75, 3.05) is 0 Å². The standard InChI is InChI=1S/C14H7F8NO/c15-8-7(9(16)11(18)12(19)10(8)17)13(23)5-1-3-6(4-2-5)24-14(20,21)22/h1-4,13H,23H2/t13-/m0/s1. The van der Waals surface area contributed by atoms with Crippen LogP contribution >= 0.6 is 0 Å². The predicted molar refractivity (Wildman–Crippen MR) is 65.4 cm³/mol. The largest absolute Gasteiger partial charge is 0.573 e. The number of benzene rings is 2. The summed E-state index contributed by atoms with van der Waals surface area (Å²) < 4.78 is 106. The number of halogens is 8. The van der Waals surface area contributed by atoms with Gasteiger partial charge in [-0.05, 0) is 17.7 Å². The second-order valence-electron chi connectivity index (χ2n) is 4.58. The van der Waals surface area contributed by atoms with E-state index in [2.05, 4.69) is 4.74 Å². The lowest BCUT2D eigenvalue weighted by molar-refractivity contribution is -0.274. The minimum Gasteiger partial charge on any atom is -0.406 e. The molecule has 0 fully saturated rings. The Labute approximate surface area is 129 Å². The highest BCUT2D eigenvalue weighted by molar-refractivity contribution is 5.37. The first-order chi connectivity index (χ1) is 11.0. The van der Waals surface area contributed by atoms with E-state index in [1.54, 1.807) is 0 Å². The Kier molecular flexibility index (Phi) is 4.70. The Morgan fingerprint density at radius 3 is 1.58 bits per heavy atom. The Morgan fingerprint density at radius 2 is 1.17 bits per heavy atom. The normalized spacial score (nSPS) is 13.0. The van der Waals surface area contributed by atoms with Crippen LogP contribution < -0.4 is 10.5 Å². The van der Waals surface area contributed by atoms with Gasteiger partial charge in [-0.15, -0.1) is 13.2 Å². The lowest BCUT2D eigenvalue weighted by Gasteiger charge is -2.16. The second kappa shape index (κ2) is 6.27. The molecule has 130 valence electrons. The van der Waals surface area contributed by atoms with Crippen molar-refractivity contribution in [3.63, 3.8) is 0 Å². The van der Waals surface area contributed by atoms with Gasteiger partial charge in [0.2, 0.25) is 5.82 Å². The fourth-order valence-electron chi connectivity index (χ4n) is 1.94. The molecule has 0 heterocycles. The predicted octanol–water partition coefficient (Wildman–Crippen LogP) is 4.33. The monoisotopic (exact) mass is 357 g/mol. The molecule has 2 N–H and O–H groups in total. The molecule has 0 saturated carbocycles. The van der Waals surface area contributed by atoms with E-state index in [1.165, 1.54) is 0 Å². The van der Waals surface area contributed by atoms with Gasteiger partial charge in [-0.25, -0.2) is 22.0 Å². The highest BCUT2D eigenvalue weighted by atomic mass is 19.4. The van der Waals surface area contributed by atoms with Gasteiger partial charge in [0.05, 0.1) is 11.6 Å². The lowest BCUT2D eigenvalue weighted by atomic mass is 9.98. The average molecular weight is 357 g/mol. The molecule has 0 aliphatic heterocycles. The maximum atomic E-state index is 13.7. The second-order valence-corrected chi connectivity index (χ2v) is 4.58. The Bertz CT molecular complexity index is 728. The van der Waals surface area contributed by atoms with E-state index >= 15 is 0 Å². The number of ether oxygens (including phenoxy) is 1. The molecular formula is C14H7F8NO. The minimum absolute atomic E-state index is 0.187. The summed E-state index contributed by atoms with van der Waals surface area (Å²) in [5, 5.41) is 0. The van der Waals surface area contributed by atoms with Gasteiger partial charge < -0.3 is 10.5 Å². The van der Waals surface area contributed by atoms with Crippen LogP contribution in [0.15, 0.2) is 24.3 Å². The molecule has 2 nitrogen and oxygen atoms in total. The van der Waals surface area contributed by atoms with Crippen LogP contribution in [-0.4, -0.2) is 6.36 Å². The number of rotatable bonds is 3. The van der Waals surface area contributed by atoms with E-state index in [0.717, 1.165) is 24.3 Å². The number of hydrogen-bond donors (Lipinski definition) is 1. The van der Waals surface area contributed by atoms with E-state index in [1.807, 2.05) is 0 Å². The fraction of sp³-hybridized carbons (Fsp3) is 0.143. The molecule has 2 aromatic carbocycles. The molecule has 0 radical (unpaired) electrons. The summed E-state index contributed by atoms with van der Waals surface area (Å²) in [4.78, 5) is 0. The van der Waals surface area contributed by atoms with Gasteiger partial charge in [-0.3, -0.25) is 0 Å². The van der Waals surface area contributed by atoms with Gasteiger partial charge >= 0.3 is 6.36 Å². The van der Waals surface area contributed by atoms with Crippen molar-refractivity contribution in [2.24, 2.45) is 5.73 Å². The summed E-state index contributed by atoms with van der Waals surface area (Å²) in [7, 11) is 0. The first kappa shape index (κ1) is 18.0. The Hall–Kier alpha value is -2.36. The van der Waals surface area contributed by atoms with Crippen molar-refractivity contribution in [3.05, 3.63) is 64.5 Å². The molecule has 0 saturated heterocycles. The van der Waals surface area contributed by atoms with Gasteiger partial charge in [-0.2, -0.15) is 0 Å². The highest BCUT2D eigenvalue weighted by Crippen LogP contribution is 2.31. The van der Waals surface area contributed by atoms with Crippen molar-refractivity contribution in [3.8, 4) is 5.75 Å². The number of alkyl halides is 3. The van der Waals surface area contributed by atoms with Crippen LogP contribution in [0.25, 0.3) is 0 Å².